The molecule has 0 saturated carbocycles. The van der Waals surface area contributed by atoms with Crippen LogP contribution in [-0.4, -0.2) is 48.2 Å². The van der Waals surface area contributed by atoms with E-state index >= 15 is 0 Å². The third-order valence-electron chi connectivity index (χ3n) is 4.84. The molecule has 4 nitrogen and oxygen atoms in total. The summed E-state index contributed by atoms with van der Waals surface area (Å²) in [7, 11) is 0. The number of halogens is 3. The lowest BCUT2D eigenvalue weighted by molar-refractivity contribution is -0.0433. The Morgan fingerprint density at radius 1 is 1.35 bits per heavy atom. The minimum absolute atomic E-state index is 0. The molecule has 2 aliphatic rings. The summed E-state index contributed by atoms with van der Waals surface area (Å²) in [6, 6.07) is 4.96. The van der Waals surface area contributed by atoms with Gasteiger partial charge in [0, 0.05) is 30.6 Å². The topological polar surface area (TPSA) is 52.6 Å². The highest BCUT2D eigenvalue weighted by atomic mass is 35.5. The Kier molecular flexibility index (Phi) is 6.20. The second-order valence-electron chi connectivity index (χ2n) is 6.30. The van der Waals surface area contributed by atoms with Gasteiger partial charge in [-0.15, -0.1) is 12.4 Å². The quantitative estimate of drug-likeness (QED) is 0.789. The molecule has 2 atom stereocenters. The zero-order valence-corrected chi connectivity index (χ0v) is 15.1. The van der Waals surface area contributed by atoms with Crippen molar-refractivity contribution < 1.29 is 9.90 Å². The molecule has 2 N–H and O–H groups in total. The van der Waals surface area contributed by atoms with Crippen molar-refractivity contribution in [2.24, 2.45) is 5.41 Å². The highest BCUT2D eigenvalue weighted by Gasteiger charge is 2.44. The first kappa shape index (κ1) is 18.8. The molecule has 1 spiro atoms. The molecule has 0 aromatic heterocycles. The van der Waals surface area contributed by atoms with E-state index in [-0.39, 0.29) is 29.8 Å². The molecule has 1 aromatic rings. The lowest BCUT2D eigenvalue weighted by Gasteiger charge is -2.48. The first-order valence-electron chi connectivity index (χ1n) is 7.65. The fraction of sp³-hybridized carbons (Fsp3) is 0.562. The van der Waals surface area contributed by atoms with Crippen LogP contribution in [0.5, 0.6) is 0 Å². The zero-order valence-electron chi connectivity index (χ0n) is 12.7. The molecule has 2 heterocycles. The summed E-state index contributed by atoms with van der Waals surface area (Å²) in [5.41, 5.74) is 0.326. The van der Waals surface area contributed by atoms with Gasteiger partial charge in [-0.05, 0) is 44.0 Å². The number of hydrogen-bond donors (Lipinski definition) is 2. The maximum atomic E-state index is 12.7. The number of aliphatic hydroxyl groups is 1. The molecule has 0 bridgehead atoms. The summed E-state index contributed by atoms with van der Waals surface area (Å²) < 4.78 is 0. The number of aliphatic hydroxyl groups excluding tert-OH is 1. The van der Waals surface area contributed by atoms with Crippen molar-refractivity contribution in [3.05, 3.63) is 33.8 Å². The largest absolute Gasteiger partial charge is 0.392 e. The van der Waals surface area contributed by atoms with Crippen LogP contribution in [0.2, 0.25) is 10.0 Å². The standard InChI is InChI=1S/C16H20Cl2N2O2.ClH/c17-12-3-2-11(8-13(12)18)15(22)20-7-1-5-16(10-20)9-19-6-4-14(16)21;/h2-3,8,14,19,21H,1,4-7,9-10H2;1H/t14-,16-;/m0./s1. The number of hydrogen-bond acceptors (Lipinski definition) is 3. The maximum absolute atomic E-state index is 12.7. The lowest BCUT2D eigenvalue weighted by Crippen LogP contribution is -2.58. The summed E-state index contributed by atoms with van der Waals surface area (Å²) in [6.07, 6.45) is 2.26. The molecule has 3 rings (SSSR count). The summed E-state index contributed by atoms with van der Waals surface area (Å²) in [5, 5.41) is 14.6. The normalized spacial score (nSPS) is 27.6. The van der Waals surface area contributed by atoms with Gasteiger partial charge in [-0.1, -0.05) is 23.2 Å². The van der Waals surface area contributed by atoms with Crippen molar-refractivity contribution >= 4 is 41.5 Å². The predicted octanol–water partition coefficient (Wildman–Crippen LogP) is 2.99. The molecule has 1 aromatic carbocycles. The summed E-state index contributed by atoms with van der Waals surface area (Å²) in [6.45, 7) is 2.90. The minimum Gasteiger partial charge on any atom is -0.392 e. The number of nitrogens with one attached hydrogen (secondary N) is 1. The average Bonchev–Trinajstić information content (AvgIpc) is 2.53. The molecule has 2 aliphatic heterocycles. The number of likely N-dealkylation sites (tertiary alicyclic amines) is 1. The van der Waals surface area contributed by atoms with E-state index in [2.05, 4.69) is 5.32 Å². The molecule has 0 radical (unpaired) electrons. The Hall–Kier alpha value is -0.520. The number of rotatable bonds is 1. The van der Waals surface area contributed by atoms with Crippen LogP contribution >= 0.6 is 35.6 Å². The van der Waals surface area contributed by atoms with Crippen molar-refractivity contribution in [1.29, 1.82) is 0 Å². The van der Waals surface area contributed by atoms with E-state index in [0.29, 0.717) is 28.7 Å². The molecule has 0 unspecified atom stereocenters. The van der Waals surface area contributed by atoms with Crippen molar-refractivity contribution in [3.8, 4) is 0 Å². The Morgan fingerprint density at radius 3 is 2.83 bits per heavy atom. The summed E-state index contributed by atoms with van der Waals surface area (Å²) in [5.74, 6) is -0.0459. The minimum atomic E-state index is -0.349. The Labute approximate surface area is 152 Å². The molecule has 1 amide bonds. The van der Waals surface area contributed by atoms with Crippen LogP contribution in [0.4, 0.5) is 0 Å². The number of carbonyl (C=O) groups is 1. The van der Waals surface area contributed by atoms with Crippen molar-refractivity contribution in [2.45, 2.75) is 25.4 Å². The van der Waals surface area contributed by atoms with Crippen molar-refractivity contribution in [2.75, 3.05) is 26.2 Å². The third-order valence-corrected chi connectivity index (χ3v) is 5.58. The number of amides is 1. The van der Waals surface area contributed by atoms with Gasteiger partial charge in [0.15, 0.2) is 0 Å². The predicted molar refractivity (Wildman–Crippen MR) is 94.8 cm³/mol. The van der Waals surface area contributed by atoms with Crippen molar-refractivity contribution in [3.63, 3.8) is 0 Å². The van der Waals surface area contributed by atoms with E-state index in [1.807, 2.05) is 4.90 Å². The van der Waals surface area contributed by atoms with Crippen LogP contribution < -0.4 is 5.32 Å². The molecule has 2 fully saturated rings. The Bertz CT molecular complexity index is 580. The molecule has 128 valence electrons. The maximum Gasteiger partial charge on any atom is 0.253 e. The van der Waals surface area contributed by atoms with E-state index in [1.54, 1.807) is 18.2 Å². The van der Waals surface area contributed by atoms with Crippen LogP contribution in [-0.2, 0) is 0 Å². The number of carbonyl (C=O) groups excluding carboxylic acids is 1. The van der Waals surface area contributed by atoms with E-state index in [1.165, 1.54) is 0 Å². The average molecular weight is 380 g/mol. The van der Waals surface area contributed by atoms with Gasteiger partial charge < -0.3 is 15.3 Å². The first-order chi connectivity index (χ1) is 10.5. The molecular weight excluding hydrogens is 359 g/mol. The lowest BCUT2D eigenvalue weighted by atomic mass is 9.72. The van der Waals surface area contributed by atoms with E-state index in [4.69, 9.17) is 23.2 Å². The van der Waals surface area contributed by atoms with Gasteiger partial charge in [0.05, 0.1) is 16.1 Å². The van der Waals surface area contributed by atoms with Crippen LogP contribution in [0.3, 0.4) is 0 Å². The molecule has 2 saturated heterocycles. The van der Waals surface area contributed by atoms with Crippen LogP contribution in [0.1, 0.15) is 29.6 Å². The fourth-order valence-electron chi connectivity index (χ4n) is 3.56. The van der Waals surface area contributed by atoms with Gasteiger partial charge in [-0.2, -0.15) is 0 Å². The van der Waals surface area contributed by atoms with Gasteiger partial charge in [-0.25, -0.2) is 0 Å². The number of benzene rings is 1. The summed E-state index contributed by atoms with van der Waals surface area (Å²) in [4.78, 5) is 14.6. The monoisotopic (exact) mass is 378 g/mol. The molecule has 23 heavy (non-hydrogen) atoms. The number of piperidine rings is 2. The Balaban J connectivity index is 0.00000192. The van der Waals surface area contributed by atoms with Gasteiger partial charge >= 0.3 is 0 Å². The van der Waals surface area contributed by atoms with Crippen LogP contribution in [0.25, 0.3) is 0 Å². The molecule has 7 heteroatoms. The fourth-order valence-corrected chi connectivity index (χ4v) is 3.86. The molecular formula is C16H21Cl3N2O2. The van der Waals surface area contributed by atoms with E-state index < -0.39 is 0 Å². The van der Waals surface area contributed by atoms with E-state index in [9.17, 15) is 9.90 Å². The third kappa shape index (κ3) is 3.77. The van der Waals surface area contributed by atoms with Crippen molar-refractivity contribution in [1.82, 2.24) is 10.2 Å². The zero-order chi connectivity index (χ0) is 15.7. The SMILES string of the molecule is Cl.O=C(c1ccc(Cl)c(Cl)c1)N1CCC[C@]2(CNCC[C@@H]2O)C1. The first-order valence-corrected chi connectivity index (χ1v) is 8.41. The van der Waals surface area contributed by atoms with Gasteiger partial charge in [0.1, 0.15) is 0 Å². The highest BCUT2D eigenvalue weighted by Crippen LogP contribution is 2.37. The van der Waals surface area contributed by atoms with Gasteiger partial charge in [0.25, 0.3) is 5.91 Å². The number of nitrogens with zero attached hydrogens (tertiary/aromatic N) is 1. The smallest absolute Gasteiger partial charge is 0.253 e. The second-order valence-corrected chi connectivity index (χ2v) is 7.12. The second kappa shape index (κ2) is 7.58. The Morgan fingerprint density at radius 2 is 2.13 bits per heavy atom. The van der Waals surface area contributed by atoms with Crippen LogP contribution in [0, 0.1) is 5.41 Å². The highest BCUT2D eigenvalue weighted by molar-refractivity contribution is 6.42. The van der Waals surface area contributed by atoms with E-state index in [0.717, 1.165) is 32.4 Å². The van der Waals surface area contributed by atoms with Gasteiger partial charge in [0.2, 0.25) is 0 Å². The van der Waals surface area contributed by atoms with Crippen LogP contribution in [0.15, 0.2) is 18.2 Å². The summed E-state index contributed by atoms with van der Waals surface area (Å²) >= 11 is 11.9. The van der Waals surface area contributed by atoms with Gasteiger partial charge in [-0.3, -0.25) is 4.79 Å². The molecule has 0 aliphatic carbocycles.